The predicted octanol–water partition coefficient (Wildman–Crippen LogP) is 2.80. The van der Waals surface area contributed by atoms with Gasteiger partial charge >= 0.3 is 0 Å². The predicted molar refractivity (Wildman–Crippen MR) is 102 cm³/mol. The van der Waals surface area contributed by atoms with Crippen molar-refractivity contribution in [3.8, 4) is 0 Å². The van der Waals surface area contributed by atoms with E-state index in [1.165, 1.54) is 0 Å². The first-order valence-electron chi connectivity index (χ1n) is 8.17. The first-order chi connectivity index (χ1) is 12.6. The number of carbonyl (C=O) groups is 1. The number of hydrogen-bond donors (Lipinski definition) is 2. The average Bonchev–Trinajstić information content (AvgIpc) is 2.68. The molecule has 1 amide bonds. The van der Waals surface area contributed by atoms with Crippen molar-refractivity contribution in [1.29, 1.82) is 0 Å². The molecule has 3 aromatic rings. The van der Waals surface area contributed by atoms with Crippen molar-refractivity contribution in [2.75, 3.05) is 29.6 Å². The number of benzene rings is 1. The van der Waals surface area contributed by atoms with Crippen LogP contribution in [0.3, 0.4) is 0 Å². The number of carbonyl (C=O) groups excluding carboxylic acids is 1. The number of amides is 1. The van der Waals surface area contributed by atoms with E-state index < -0.39 is 0 Å². The molecule has 0 saturated carbocycles. The molecule has 0 atom stereocenters. The van der Waals surface area contributed by atoms with E-state index in [1.807, 2.05) is 61.5 Å². The van der Waals surface area contributed by atoms with E-state index in [0.717, 1.165) is 11.4 Å². The normalized spacial score (nSPS) is 10.2. The molecule has 132 valence electrons. The summed E-state index contributed by atoms with van der Waals surface area (Å²) in [5, 5.41) is 5.91. The third-order valence-corrected chi connectivity index (χ3v) is 3.68. The summed E-state index contributed by atoms with van der Waals surface area (Å²) >= 11 is 0. The van der Waals surface area contributed by atoms with Crippen LogP contribution in [-0.2, 0) is 6.54 Å². The van der Waals surface area contributed by atoms with Crippen LogP contribution in [0.4, 0.5) is 17.3 Å². The minimum Gasteiger partial charge on any atom is -0.378 e. The molecular weight excluding hydrogens is 328 g/mol. The lowest BCUT2D eigenvalue weighted by Gasteiger charge is -2.13. The Labute approximate surface area is 152 Å². The molecule has 0 unspecified atom stereocenters. The standard InChI is InChI=1S/C19H20N6O/c1-25(2)16-8-6-14(7-9-16)23-18(26)17-10-12-21-19(24-17)22-13-15-5-3-4-11-20-15/h3-12H,13H2,1-2H3,(H,23,26)(H,21,22,24). The fraction of sp³-hybridized carbons (Fsp3) is 0.158. The number of aromatic nitrogens is 3. The highest BCUT2D eigenvalue weighted by molar-refractivity contribution is 6.03. The first-order valence-corrected chi connectivity index (χ1v) is 8.17. The Kier molecular flexibility index (Phi) is 5.38. The van der Waals surface area contributed by atoms with Gasteiger partial charge in [-0.2, -0.15) is 0 Å². The van der Waals surface area contributed by atoms with Gasteiger partial charge in [0.1, 0.15) is 5.69 Å². The minimum atomic E-state index is -0.286. The molecule has 26 heavy (non-hydrogen) atoms. The molecular formula is C19H20N6O. The van der Waals surface area contributed by atoms with Gasteiger partial charge in [0.2, 0.25) is 5.95 Å². The summed E-state index contributed by atoms with van der Waals surface area (Å²) in [6.07, 6.45) is 3.28. The molecule has 0 aliphatic carbocycles. The number of rotatable bonds is 6. The van der Waals surface area contributed by atoms with Crippen LogP contribution in [0.5, 0.6) is 0 Å². The molecule has 0 aliphatic heterocycles. The molecule has 0 fully saturated rings. The van der Waals surface area contributed by atoms with E-state index in [2.05, 4.69) is 25.6 Å². The molecule has 0 radical (unpaired) electrons. The maximum Gasteiger partial charge on any atom is 0.274 e. The Balaban J connectivity index is 1.64. The van der Waals surface area contributed by atoms with Crippen molar-refractivity contribution in [2.45, 2.75) is 6.54 Å². The van der Waals surface area contributed by atoms with Crippen LogP contribution in [0.2, 0.25) is 0 Å². The number of anilines is 3. The van der Waals surface area contributed by atoms with Crippen molar-refractivity contribution in [2.24, 2.45) is 0 Å². The third kappa shape index (κ3) is 4.54. The van der Waals surface area contributed by atoms with Gasteiger partial charge in [0.25, 0.3) is 5.91 Å². The summed E-state index contributed by atoms with van der Waals surface area (Å²) in [7, 11) is 3.93. The van der Waals surface area contributed by atoms with Gasteiger partial charge in [0.15, 0.2) is 0 Å². The van der Waals surface area contributed by atoms with E-state index in [-0.39, 0.29) is 5.91 Å². The maximum atomic E-state index is 12.4. The van der Waals surface area contributed by atoms with Gasteiger partial charge in [-0.25, -0.2) is 9.97 Å². The van der Waals surface area contributed by atoms with E-state index in [9.17, 15) is 4.79 Å². The maximum absolute atomic E-state index is 12.4. The lowest BCUT2D eigenvalue weighted by Crippen LogP contribution is -2.15. The molecule has 2 aromatic heterocycles. The van der Waals surface area contributed by atoms with E-state index in [1.54, 1.807) is 18.5 Å². The molecule has 2 heterocycles. The average molecular weight is 348 g/mol. The second-order valence-corrected chi connectivity index (χ2v) is 5.84. The monoisotopic (exact) mass is 348 g/mol. The molecule has 7 heteroatoms. The molecule has 0 saturated heterocycles. The van der Waals surface area contributed by atoms with Crippen molar-refractivity contribution in [3.05, 3.63) is 72.3 Å². The molecule has 0 spiro atoms. The Bertz CT molecular complexity index is 865. The summed E-state index contributed by atoms with van der Waals surface area (Å²) in [6.45, 7) is 0.484. The summed E-state index contributed by atoms with van der Waals surface area (Å²) in [6, 6.07) is 14.8. The lowest BCUT2D eigenvalue weighted by molar-refractivity contribution is 0.102. The Morgan fingerprint density at radius 3 is 2.50 bits per heavy atom. The third-order valence-electron chi connectivity index (χ3n) is 3.68. The second-order valence-electron chi connectivity index (χ2n) is 5.84. The topological polar surface area (TPSA) is 83.0 Å². The summed E-state index contributed by atoms with van der Waals surface area (Å²) < 4.78 is 0. The fourth-order valence-electron chi connectivity index (χ4n) is 2.28. The van der Waals surface area contributed by atoms with Crippen LogP contribution in [-0.4, -0.2) is 35.0 Å². The van der Waals surface area contributed by atoms with Crippen LogP contribution in [0.1, 0.15) is 16.2 Å². The highest BCUT2D eigenvalue weighted by Gasteiger charge is 2.09. The van der Waals surface area contributed by atoms with Crippen molar-refractivity contribution in [1.82, 2.24) is 15.0 Å². The molecule has 7 nitrogen and oxygen atoms in total. The SMILES string of the molecule is CN(C)c1ccc(NC(=O)c2ccnc(NCc3ccccn3)n2)cc1. The van der Waals surface area contributed by atoms with Crippen molar-refractivity contribution < 1.29 is 4.79 Å². The Morgan fingerprint density at radius 1 is 1.00 bits per heavy atom. The van der Waals surface area contributed by atoms with E-state index in [0.29, 0.717) is 23.9 Å². The van der Waals surface area contributed by atoms with Gasteiger partial charge in [-0.05, 0) is 42.5 Å². The zero-order valence-electron chi connectivity index (χ0n) is 14.7. The van der Waals surface area contributed by atoms with E-state index >= 15 is 0 Å². The molecule has 1 aromatic carbocycles. The van der Waals surface area contributed by atoms with Gasteiger partial charge < -0.3 is 15.5 Å². The van der Waals surface area contributed by atoms with Crippen LogP contribution in [0, 0.1) is 0 Å². The Hall–Kier alpha value is -3.48. The van der Waals surface area contributed by atoms with Gasteiger partial charge in [0.05, 0.1) is 12.2 Å². The zero-order chi connectivity index (χ0) is 18.4. The Morgan fingerprint density at radius 2 is 1.81 bits per heavy atom. The van der Waals surface area contributed by atoms with Crippen molar-refractivity contribution in [3.63, 3.8) is 0 Å². The molecule has 2 N–H and O–H groups in total. The summed E-state index contributed by atoms with van der Waals surface area (Å²) in [4.78, 5) is 27.0. The van der Waals surface area contributed by atoms with Gasteiger partial charge in [-0.15, -0.1) is 0 Å². The molecule has 0 aliphatic rings. The quantitative estimate of drug-likeness (QED) is 0.713. The number of hydrogen-bond acceptors (Lipinski definition) is 6. The first kappa shape index (κ1) is 17.3. The second kappa shape index (κ2) is 8.06. The number of nitrogens with zero attached hydrogens (tertiary/aromatic N) is 4. The summed E-state index contributed by atoms with van der Waals surface area (Å²) in [5.41, 5.74) is 2.93. The van der Waals surface area contributed by atoms with Crippen LogP contribution < -0.4 is 15.5 Å². The van der Waals surface area contributed by atoms with Crippen molar-refractivity contribution >= 4 is 23.2 Å². The van der Waals surface area contributed by atoms with Gasteiger partial charge in [-0.1, -0.05) is 6.07 Å². The summed E-state index contributed by atoms with van der Waals surface area (Å²) in [5.74, 6) is 0.0946. The highest BCUT2D eigenvalue weighted by Crippen LogP contribution is 2.16. The van der Waals surface area contributed by atoms with Gasteiger partial charge in [0, 0.05) is 37.9 Å². The van der Waals surface area contributed by atoms with Crippen LogP contribution >= 0.6 is 0 Å². The van der Waals surface area contributed by atoms with E-state index in [4.69, 9.17) is 0 Å². The smallest absolute Gasteiger partial charge is 0.274 e. The highest BCUT2D eigenvalue weighted by atomic mass is 16.1. The van der Waals surface area contributed by atoms with Crippen LogP contribution in [0.25, 0.3) is 0 Å². The minimum absolute atomic E-state index is 0.286. The zero-order valence-corrected chi connectivity index (χ0v) is 14.7. The van der Waals surface area contributed by atoms with Crippen LogP contribution in [0.15, 0.2) is 60.9 Å². The fourth-order valence-corrected chi connectivity index (χ4v) is 2.28. The lowest BCUT2D eigenvalue weighted by atomic mass is 10.2. The number of pyridine rings is 1. The van der Waals surface area contributed by atoms with Gasteiger partial charge in [-0.3, -0.25) is 9.78 Å². The largest absolute Gasteiger partial charge is 0.378 e. The molecule has 3 rings (SSSR count). The number of nitrogens with one attached hydrogen (secondary N) is 2. The molecule has 0 bridgehead atoms.